The molecule has 0 saturated carbocycles. The van der Waals surface area contributed by atoms with Crippen molar-refractivity contribution in [2.24, 2.45) is 0 Å². The van der Waals surface area contributed by atoms with E-state index in [1.165, 1.54) is 10.7 Å². The standard InChI is InChI=1S/C25H31N5O3S/c1-18-8-10-20(11-9-18)34(32,33)29-13-6-12-28(15-16-29)25(31)21-17-19(2)26-24-23(21)27-22-7-4-3-5-14-30(22)24/h8-11,17H,3-7,12-16H2,1-2H3. The zero-order valence-electron chi connectivity index (χ0n) is 19.8. The average Bonchev–Trinajstić information content (AvgIpc) is 3.01. The predicted octanol–water partition coefficient (Wildman–Crippen LogP) is 3.31. The lowest BCUT2D eigenvalue weighted by atomic mass is 10.1. The van der Waals surface area contributed by atoms with Crippen LogP contribution >= 0.6 is 0 Å². The molecule has 0 unspecified atom stereocenters. The Bertz CT molecular complexity index is 1330. The maximum absolute atomic E-state index is 13.6. The van der Waals surface area contributed by atoms with E-state index in [2.05, 4.69) is 4.57 Å². The summed E-state index contributed by atoms with van der Waals surface area (Å²) in [6.45, 7) is 6.24. The Morgan fingerprint density at radius 3 is 2.47 bits per heavy atom. The molecule has 2 aliphatic heterocycles. The normalized spacial score (nSPS) is 17.9. The molecule has 1 aromatic carbocycles. The fraction of sp³-hybridized carbons (Fsp3) is 0.480. The Hall–Kier alpha value is -2.78. The van der Waals surface area contributed by atoms with Crippen LogP contribution in [0.5, 0.6) is 0 Å². The van der Waals surface area contributed by atoms with Gasteiger partial charge in [-0.25, -0.2) is 18.4 Å². The third-order valence-electron chi connectivity index (χ3n) is 6.82. The van der Waals surface area contributed by atoms with Crippen molar-refractivity contribution in [3.63, 3.8) is 0 Å². The van der Waals surface area contributed by atoms with Crippen LogP contribution < -0.4 is 0 Å². The monoisotopic (exact) mass is 481 g/mol. The minimum absolute atomic E-state index is 0.0988. The van der Waals surface area contributed by atoms with Crippen LogP contribution in [0.3, 0.4) is 0 Å². The maximum Gasteiger partial charge on any atom is 0.256 e. The molecule has 3 aromatic rings. The van der Waals surface area contributed by atoms with E-state index >= 15 is 0 Å². The van der Waals surface area contributed by atoms with Crippen molar-refractivity contribution in [2.75, 3.05) is 26.2 Å². The van der Waals surface area contributed by atoms with Gasteiger partial charge in [-0.15, -0.1) is 0 Å². The molecule has 0 N–H and O–H groups in total. The largest absolute Gasteiger partial charge is 0.337 e. The van der Waals surface area contributed by atoms with Gasteiger partial charge in [-0.05, 0) is 51.3 Å². The first-order valence-electron chi connectivity index (χ1n) is 12.1. The summed E-state index contributed by atoms with van der Waals surface area (Å²) in [6, 6.07) is 8.74. The van der Waals surface area contributed by atoms with Gasteiger partial charge in [-0.1, -0.05) is 24.1 Å². The summed E-state index contributed by atoms with van der Waals surface area (Å²) in [4.78, 5) is 25.3. The van der Waals surface area contributed by atoms with Crippen molar-refractivity contribution < 1.29 is 13.2 Å². The van der Waals surface area contributed by atoms with Crippen molar-refractivity contribution in [1.82, 2.24) is 23.7 Å². The molecule has 4 heterocycles. The summed E-state index contributed by atoms with van der Waals surface area (Å²) in [5.41, 5.74) is 3.83. The fourth-order valence-corrected chi connectivity index (χ4v) is 6.42. The maximum atomic E-state index is 13.6. The van der Waals surface area contributed by atoms with Gasteiger partial charge in [0.1, 0.15) is 11.3 Å². The molecule has 34 heavy (non-hydrogen) atoms. The van der Waals surface area contributed by atoms with E-state index in [9.17, 15) is 13.2 Å². The van der Waals surface area contributed by atoms with Gasteiger partial charge in [-0.3, -0.25) is 4.79 Å². The summed E-state index contributed by atoms with van der Waals surface area (Å²) in [5, 5.41) is 0. The van der Waals surface area contributed by atoms with Crippen LogP contribution in [0.25, 0.3) is 11.2 Å². The smallest absolute Gasteiger partial charge is 0.256 e. The first-order valence-corrected chi connectivity index (χ1v) is 13.5. The number of carbonyl (C=O) groups excluding carboxylic acids is 1. The van der Waals surface area contributed by atoms with Gasteiger partial charge < -0.3 is 9.47 Å². The van der Waals surface area contributed by atoms with Crippen LogP contribution in [-0.4, -0.2) is 64.2 Å². The minimum Gasteiger partial charge on any atom is -0.337 e. The Morgan fingerprint density at radius 1 is 0.882 bits per heavy atom. The Labute approximate surface area is 200 Å². The number of fused-ring (bicyclic) bond motifs is 3. The molecule has 180 valence electrons. The molecule has 9 heteroatoms. The zero-order valence-corrected chi connectivity index (χ0v) is 20.6. The Kier molecular flexibility index (Phi) is 6.16. The summed E-state index contributed by atoms with van der Waals surface area (Å²) in [5.74, 6) is 0.907. The molecule has 0 bridgehead atoms. The molecule has 1 saturated heterocycles. The predicted molar refractivity (Wildman–Crippen MR) is 130 cm³/mol. The Morgan fingerprint density at radius 2 is 1.68 bits per heavy atom. The molecular weight excluding hydrogens is 450 g/mol. The number of hydrogen-bond acceptors (Lipinski definition) is 5. The third-order valence-corrected chi connectivity index (χ3v) is 8.74. The molecule has 0 radical (unpaired) electrons. The van der Waals surface area contributed by atoms with Crippen LogP contribution in [0.1, 0.15) is 53.1 Å². The number of carbonyl (C=O) groups is 1. The molecule has 0 aliphatic carbocycles. The number of aromatic nitrogens is 3. The van der Waals surface area contributed by atoms with E-state index in [1.807, 2.05) is 32.0 Å². The van der Waals surface area contributed by atoms with Crippen LogP contribution in [0.4, 0.5) is 0 Å². The topological polar surface area (TPSA) is 88.4 Å². The van der Waals surface area contributed by atoms with Crippen molar-refractivity contribution in [3.8, 4) is 0 Å². The highest BCUT2D eigenvalue weighted by atomic mass is 32.2. The van der Waals surface area contributed by atoms with Crippen LogP contribution in [0.15, 0.2) is 35.2 Å². The van der Waals surface area contributed by atoms with Crippen LogP contribution in [-0.2, 0) is 23.0 Å². The molecule has 0 atom stereocenters. The number of nitrogens with zero attached hydrogens (tertiary/aromatic N) is 5. The number of sulfonamides is 1. The second-order valence-electron chi connectivity index (χ2n) is 9.34. The van der Waals surface area contributed by atoms with E-state index in [-0.39, 0.29) is 12.5 Å². The highest BCUT2D eigenvalue weighted by Crippen LogP contribution is 2.26. The van der Waals surface area contributed by atoms with Gasteiger partial charge in [0.05, 0.1) is 10.5 Å². The minimum atomic E-state index is -3.59. The number of benzene rings is 1. The number of amides is 1. The summed E-state index contributed by atoms with van der Waals surface area (Å²) in [7, 11) is -3.59. The van der Waals surface area contributed by atoms with Crippen molar-refractivity contribution in [1.29, 1.82) is 0 Å². The summed E-state index contributed by atoms with van der Waals surface area (Å²) >= 11 is 0. The van der Waals surface area contributed by atoms with Crippen molar-refractivity contribution in [3.05, 3.63) is 53.0 Å². The fourth-order valence-electron chi connectivity index (χ4n) is 4.95. The third kappa shape index (κ3) is 4.22. The summed E-state index contributed by atoms with van der Waals surface area (Å²) in [6.07, 6.45) is 4.86. The van der Waals surface area contributed by atoms with Crippen LogP contribution in [0.2, 0.25) is 0 Å². The van der Waals surface area contributed by atoms with E-state index < -0.39 is 10.0 Å². The first-order chi connectivity index (χ1) is 16.3. The lowest BCUT2D eigenvalue weighted by Gasteiger charge is -2.22. The van der Waals surface area contributed by atoms with Gasteiger partial charge in [0, 0.05) is 44.8 Å². The summed E-state index contributed by atoms with van der Waals surface area (Å²) < 4.78 is 30.0. The zero-order chi connectivity index (χ0) is 23.9. The number of aryl methyl sites for hydroxylation is 4. The van der Waals surface area contributed by atoms with E-state index in [1.54, 1.807) is 17.0 Å². The average molecular weight is 482 g/mol. The molecule has 2 aliphatic rings. The van der Waals surface area contributed by atoms with E-state index in [0.717, 1.165) is 48.5 Å². The quantitative estimate of drug-likeness (QED) is 0.573. The molecule has 1 fully saturated rings. The SMILES string of the molecule is Cc1ccc(S(=O)(=O)N2CCCN(C(=O)c3cc(C)nc4c3nc3n4CCCCC3)CC2)cc1. The second-order valence-corrected chi connectivity index (χ2v) is 11.3. The highest BCUT2D eigenvalue weighted by Gasteiger charge is 2.30. The number of hydrogen-bond donors (Lipinski definition) is 0. The Balaban J connectivity index is 1.40. The molecule has 8 nitrogen and oxygen atoms in total. The molecule has 1 amide bonds. The number of imidazole rings is 1. The van der Waals surface area contributed by atoms with Crippen molar-refractivity contribution in [2.45, 2.75) is 57.4 Å². The van der Waals surface area contributed by atoms with Gasteiger partial charge in [0.2, 0.25) is 10.0 Å². The lowest BCUT2D eigenvalue weighted by Crippen LogP contribution is -2.37. The van der Waals surface area contributed by atoms with Gasteiger partial charge >= 0.3 is 0 Å². The lowest BCUT2D eigenvalue weighted by molar-refractivity contribution is 0.0766. The van der Waals surface area contributed by atoms with E-state index in [0.29, 0.717) is 42.0 Å². The second kappa shape index (κ2) is 9.11. The first kappa shape index (κ1) is 23.0. The molecular formula is C25H31N5O3S. The molecule has 2 aromatic heterocycles. The molecule has 0 spiro atoms. The van der Waals surface area contributed by atoms with Gasteiger partial charge in [0.25, 0.3) is 5.91 Å². The van der Waals surface area contributed by atoms with E-state index in [4.69, 9.17) is 9.97 Å². The number of rotatable bonds is 3. The number of pyridine rings is 1. The van der Waals surface area contributed by atoms with Crippen LogP contribution in [0, 0.1) is 13.8 Å². The molecule has 5 rings (SSSR count). The van der Waals surface area contributed by atoms with Gasteiger partial charge in [-0.2, -0.15) is 4.31 Å². The highest BCUT2D eigenvalue weighted by molar-refractivity contribution is 7.89. The van der Waals surface area contributed by atoms with Crippen molar-refractivity contribution >= 4 is 27.1 Å². The van der Waals surface area contributed by atoms with Gasteiger partial charge in [0.15, 0.2) is 5.65 Å².